The van der Waals surface area contributed by atoms with Gasteiger partial charge in [0.05, 0.1) is 4.90 Å². The molecule has 0 aliphatic rings. The second-order valence-corrected chi connectivity index (χ2v) is 7.24. The van der Waals surface area contributed by atoms with Crippen molar-refractivity contribution in [2.24, 2.45) is 5.92 Å². The lowest BCUT2D eigenvalue weighted by Crippen LogP contribution is -2.44. The Morgan fingerprint density at radius 2 is 1.86 bits per heavy atom. The molecule has 0 spiro atoms. The molecule has 118 valence electrons. The van der Waals surface area contributed by atoms with E-state index in [1.54, 1.807) is 19.9 Å². The van der Waals surface area contributed by atoms with Crippen molar-refractivity contribution in [1.29, 1.82) is 0 Å². The Labute approximate surface area is 125 Å². The molecule has 1 aromatic rings. The summed E-state index contributed by atoms with van der Waals surface area (Å²) in [6, 6.07) is 3.56. The number of aryl methyl sites for hydroxylation is 1. The lowest BCUT2D eigenvalue weighted by molar-refractivity contribution is -0.140. The van der Waals surface area contributed by atoms with Crippen molar-refractivity contribution in [2.75, 3.05) is 19.0 Å². The van der Waals surface area contributed by atoms with Gasteiger partial charge >= 0.3 is 5.97 Å². The minimum Gasteiger partial charge on any atom is -0.480 e. The Balaban J connectivity index is 3.19. The molecular weight excluding hydrogens is 292 g/mol. The van der Waals surface area contributed by atoms with Crippen LogP contribution in [0.25, 0.3) is 0 Å². The molecular formula is C14H22N2O4S. The first-order valence-electron chi connectivity index (χ1n) is 6.59. The van der Waals surface area contributed by atoms with Crippen molar-refractivity contribution in [3.05, 3.63) is 23.8 Å². The van der Waals surface area contributed by atoms with Crippen LogP contribution in [0.1, 0.15) is 19.4 Å². The third-order valence-corrected chi connectivity index (χ3v) is 4.63. The van der Waals surface area contributed by atoms with Gasteiger partial charge in [0.25, 0.3) is 0 Å². The largest absolute Gasteiger partial charge is 0.480 e. The number of carboxylic acids is 1. The van der Waals surface area contributed by atoms with Gasteiger partial charge in [0.1, 0.15) is 6.04 Å². The Kier molecular flexibility index (Phi) is 5.36. The molecule has 21 heavy (non-hydrogen) atoms. The highest BCUT2D eigenvalue weighted by atomic mass is 32.2. The summed E-state index contributed by atoms with van der Waals surface area (Å²) in [5.41, 5.74) is 1.71. The van der Waals surface area contributed by atoms with Gasteiger partial charge in [-0.2, -0.15) is 4.72 Å². The molecule has 0 aliphatic heterocycles. The van der Waals surface area contributed by atoms with Gasteiger partial charge in [-0.15, -0.1) is 0 Å². The molecule has 7 heteroatoms. The number of sulfonamides is 1. The summed E-state index contributed by atoms with van der Waals surface area (Å²) in [4.78, 5) is 13.0. The van der Waals surface area contributed by atoms with E-state index >= 15 is 0 Å². The van der Waals surface area contributed by atoms with E-state index in [0.717, 1.165) is 11.3 Å². The maximum absolute atomic E-state index is 12.3. The predicted molar refractivity (Wildman–Crippen MR) is 82.1 cm³/mol. The monoisotopic (exact) mass is 314 g/mol. The molecule has 0 aromatic heterocycles. The van der Waals surface area contributed by atoms with Gasteiger partial charge in [-0.05, 0) is 30.5 Å². The zero-order valence-electron chi connectivity index (χ0n) is 12.9. The molecule has 2 N–H and O–H groups in total. The topological polar surface area (TPSA) is 86.7 Å². The molecule has 0 saturated heterocycles. The molecule has 0 aliphatic carbocycles. The number of nitrogens with zero attached hydrogens (tertiary/aromatic N) is 1. The third kappa shape index (κ3) is 4.18. The molecule has 0 bridgehead atoms. The minimum absolute atomic E-state index is 0.0590. The lowest BCUT2D eigenvalue weighted by Gasteiger charge is -2.20. The van der Waals surface area contributed by atoms with Crippen LogP contribution in [-0.4, -0.2) is 39.6 Å². The average molecular weight is 314 g/mol. The number of anilines is 1. The number of carbonyl (C=O) groups is 1. The Hall–Kier alpha value is -1.60. The number of hydrogen-bond acceptors (Lipinski definition) is 4. The van der Waals surface area contributed by atoms with Crippen LogP contribution >= 0.6 is 0 Å². The van der Waals surface area contributed by atoms with Gasteiger partial charge in [-0.25, -0.2) is 8.42 Å². The van der Waals surface area contributed by atoms with Crippen LogP contribution < -0.4 is 9.62 Å². The zero-order chi connectivity index (χ0) is 16.4. The molecule has 0 radical (unpaired) electrons. The molecule has 1 rings (SSSR count). The van der Waals surface area contributed by atoms with Crippen molar-refractivity contribution in [1.82, 2.24) is 4.72 Å². The van der Waals surface area contributed by atoms with E-state index in [9.17, 15) is 13.2 Å². The standard InChI is InChI=1S/C14H22N2O4S/c1-9(2)13(14(17)18)15-21(19,20)11-7-6-10(3)12(8-11)16(4)5/h6-9,13,15H,1-5H3,(H,17,18)/t13-/m0/s1. The molecule has 1 aromatic carbocycles. The Morgan fingerprint density at radius 1 is 1.29 bits per heavy atom. The van der Waals surface area contributed by atoms with E-state index in [-0.39, 0.29) is 10.8 Å². The van der Waals surface area contributed by atoms with Gasteiger partial charge in [-0.3, -0.25) is 4.79 Å². The molecule has 6 nitrogen and oxygen atoms in total. The second-order valence-electron chi connectivity index (χ2n) is 5.52. The van der Waals surface area contributed by atoms with Crippen molar-refractivity contribution in [3.63, 3.8) is 0 Å². The first-order chi connectivity index (χ1) is 9.56. The van der Waals surface area contributed by atoms with Crippen LogP contribution in [-0.2, 0) is 14.8 Å². The SMILES string of the molecule is Cc1ccc(S(=O)(=O)N[C@H](C(=O)O)C(C)C)cc1N(C)C. The Morgan fingerprint density at radius 3 is 2.29 bits per heavy atom. The third-order valence-electron chi connectivity index (χ3n) is 3.19. The number of nitrogens with one attached hydrogen (secondary N) is 1. The van der Waals surface area contributed by atoms with E-state index in [2.05, 4.69) is 4.72 Å². The number of hydrogen-bond donors (Lipinski definition) is 2. The highest BCUT2D eigenvalue weighted by Gasteiger charge is 2.28. The Bertz CT molecular complexity index is 624. The molecule has 0 unspecified atom stereocenters. The van der Waals surface area contributed by atoms with E-state index in [0.29, 0.717) is 0 Å². The normalized spacial score (nSPS) is 13.2. The maximum Gasteiger partial charge on any atom is 0.322 e. The number of carboxylic acid groups (broad SMARTS) is 1. The fraction of sp³-hybridized carbons (Fsp3) is 0.500. The quantitative estimate of drug-likeness (QED) is 0.830. The van der Waals surface area contributed by atoms with E-state index in [1.807, 2.05) is 25.9 Å². The zero-order valence-corrected chi connectivity index (χ0v) is 13.7. The fourth-order valence-electron chi connectivity index (χ4n) is 1.95. The summed E-state index contributed by atoms with van der Waals surface area (Å²) in [7, 11) is -0.240. The first kappa shape index (κ1) is 17.5. The molecule has 0 amide bonds. The molecule has 1 atom stereocenters. The molecule has 0 fully saturated rings. The van der Waals surface area contributed by atoms with Crippen molar-refractivity contribution in [3.8, 4) is 0 Å². The average Bonchev–Trinajstić information content (AvgIpc) is 2.35. The van der Waals surface area contributed by atoms with E-state index in [1.165, 1.54) is 12.1 Å². The number of benzene rings is 1. The van der Waals surface area contributed by atoms with Crippen LogP contribution in [0.2, 0.25) is 0 Å². The maximum atomic E-state index is 12.3. The summed E-state index contributed by atoms with van der Waals surface area (Å²) in [6.07, 6.45) is 0. The summed E-state index contributed by atoms with van der Waals surface area (Å²) in [5, 5.41) is 9.11. The van der Waals surface area contributed by atoms with Crippen molar-refractivity contribution >= 4 is 21.7 Å². The van der Waals surface area contributed by atoms with Crippen molar-refractivity contribution < 1.29 is 18.3 Å². The second kappa shape index (κ2) is 6.44. The predicted octanol–water partition coefficient (Wildman–Crippen LogP) is 1.45. The van der Waals surface area contributed by atoms with Gasteiger partial charge in [0.15, 0.2) is 0 Å². The fourth-order valence-corrected chi connectivity index (χ4v) is 3.30. The molecule has 0 saturated carbocycles. The molecule has 0 heterocycles. The van der Waals surface area contributed by atoms with Gasteiger partial charge < -0.3 is 10.0 Å². The van der Waals surface area contributed by atoms with Gasteiger partial charge in [0, 0.05) is 19.8 Å². The number of rotatable bonds is 6. The van der Waals surface area contributed by atoms with Crippen molar-refractivity contribution in [2.45, 2.75) is 31.7 Å². The number of aliphatic carboxylic acids is 1. The van der Waals surface area contributed by atoms with Crippen LogP contribution in [0, 0.1) is 12.8 Å². The van der Waals surface area contributed by atoms with Gasteiger partial charge in [0.2, 0.25) is 10.0 Å². The summed E-state index contributed by atoms with van der Waals surface area (Å²) in [5.74, 6) is -1.54. The van der Waals surface area contributed by atoms with Crippen LogP contribution in [0.4, 0.5) is 5.69 Å². The summed E-state index contributed by atoms with van der Waals surface area (Å²) < 4.78 is 26.9. The van der Waals surface area contributed by atoms with Crippen LogP contribution in [0.15, 0.2) is 23.1 Å². The first-order valence-corrected chi connectivity index (χ1v) is 8.07. The minimum atomic E-state index is -3.88. The smallest absolute Gasteiger partial charge is 0.322 e. The van der Waals surface area contributed by atoms with E-state index in [4.69, 9.17) is 5.11 Å². The lowest BCUT2D eigenvalue weighted by atomic mass is 10.1. The summed E-state index contributed by atoms with van der Waals surface area (Å²) >= 11 is 0. The highest BCUT2D eigenvalue weighted by Crippen LogP contribution is 2.22. The summed E-state index contributed by atoms with van der Waals surface area (Å²) in [6.45, 7) is 5.19. The van der Waals surface area contributed by atoms with Crippen LogP contribution in [0.5, 0.6) is 0 Å². The van der Waals surface area contributed by atoms with Gasteiger partial charge in [-0.1, -0.05) is 19.9 Å². The van der Waals surface area contributed by atoms with E-state index < -0.39 is 22.0 Å². The highest BCUT2D eigenvalue weighted by molar-refractivity contribution is 7.89. The van der Waals surface area contributed by atoms with Crippen LogP contribution in [0.3, 0.4) is 0 Å².